The van der Waals surface area contributed by atoms with Crippen LogP contribution in [0.1, 0.15) is 50.8 Å². The van der Waals surface area contributed by atoms with Gasteiger partial charge in [-0.15, -0.1) is 0 Å². The number of benzene rings is 2. The zero-order valence-electron chi connectivity index (χ0n) is 21.7. The Morgan fingerprint density at radius 1 is 0.833 bits per heavy atom. The van der Waals surface area contributed by atoms with Crippen molar-refractivity contribution in [3.05, 3.63) is 71.8 Å². The van der Waals surface area contributed by atoms with Gasteiger partial charge < -0.3 is 0 Å². The normalized spacial score (nSPS) is 26.2. The van der Waals surface area contributed by atoms with E-state index in [9.17, 15) is 9.59 Å². The number of imide groups is 1. The van der Waals surface area contributed by atoms with E-state index in [1.54, 1.807) is 0 Å². The Labute approximate surface area is 215 Å². The molecule has 2 aliphatic heterocycles. The molecule has 0 N–H and O–H groups in total. The number of fused-ring (bicyclic) bond motifs is 2. The Morgan fingerprint density at radius 2 is 1.39 bits per heavy atom. The highest BCUT2D eigenvalue weighted by Crippen LogP contribution is 2.59. The lowest BCUT2D eigenvalue weighted by atomic mass is 9.62. The molecule has 2 atom stereocenters. The number of amides is 2. The van der Waals surface area contributed by atoms with Crippen molar-refractivity contribution in [3.8, 4) is 11.8 Å². The fourth-order valence-corrected chi connectivity index (χ4v) is 6.42. The lowest BCUT2D eigenvalue weighted by molar-refractivity contribution is -0.166. The SMILES string of the molecule is CC1(C)[C@H]2CC[C@]1(C)C(=O)N(CC#CCN1CCN(C(c3ccccc3)c3ccccc3)CC1)C2=O. The van der Waals surface area contributed by atoms with Crippen LogP contribution in [0.25, 0.3) is 0 Å². The Balaban J connectivity index is 1.18. The second-order valence-electron chi connectivity index (χ2n) is 11.3. The van der Waals surface area contributed by atoms with Crippen molar-refractivity contribution in [2.24, 2.45) is 16.7 Å². The van der Waals surface area contributed by atoms with E-state index in [1.165, 1.54) is 16.0 Å². The van der Waals surface area contributed by atoms with Crippen molar-refractivity contribution < 1.29 is 9.59 Å². The summed E-state index contributed by atoms with van der Waals surface area (Å²) in [6.45, 7) is 10.9. The maximum atomic E-state index is 13.2. The lowest BCUT2D eigenvalue weighted by Gasteiger charge is -2.47. The van der Waals surface area contributed by atoms with Gasteiger partial charge in [0.2, 0.25) is 11.8 Å². The summed E-state index contributed by atoms with van der Waals surface area (Å²) in [5.41, 5.74) is 1.90. The largest absolute Gasteiger partial charge is 0.290 e. The first kappa shape index (κ1) is 24.7. The van der Waals surface area contributed by atoms with Crippen molar-refractivity contribution in [1.82, 2.24) is 14.7 Å². The first-order chi connectivity index (χ1) is 17.3. The second kappa shape index (κ2) is 9.84. The summed E-state index contributed by atoms with van der Waals surface area (Å²) in [5.74, 6) is 6.24. The van der Waals surface area contributed by atoms with Gasteiger partial charge in [0.25, 0.3) is 0 Å². The van der Waals surface area contributed by atoms with Crippen molar-refractivity contribution >= 4 is 11.8 Å². The molecule has 2 bridgehead atoms. The molecule has 0 spiro atoms. The predicted molar refractivity (Wildman–Crippen MR) is 142 cm³/mol. The molecule has 1 aliphatic carbocycles. The minimum Gasteiger partial charge on any atom is -0.290 e. The number of rotatable bonds is 5. The van der Waals surface area contributed by atoms with Gasteiger partial charge in [-0.05, 0) is 29.4 Å². The first-order valence-electron chi connectivity index (χ1n) is 13.2. The number of hydrogen-bond acceptors (Lipinski definition) is 4. The van der Waals surface area contributed by atoms with Crippen molar-refractivity contribution in [1.29, 1.82) is 0 Å². The highest BCUT2D eigenvalue weighted by molar-refractivity contribution is 6.04. The van der Waals surface area contributed by atoms with E-state index in [1.807, 2.05) is 6.92 Å². The minimum atomic E-state index is -0.461. The van der Waals surface area contributed by atoms with Gasteiger partial charge >= 0.3 is 0 Å². The fraction of sp³-hybridized carbons (Fsp3) is 0.484. The molecule has 2 aromatic carbocycles. The molecule has 2 amide bonds. The fourth-order valence-electron chi connectivity index (χ4n) is 6.42. The van der Waals surface area contributed by atoms with Gasteiger partial charge in [-0.3, -0.25) is 24.3 Å². The molecule has 1 saturated carbocycles. The summed E-state index contributed by atoms with van der Waals surface area (Å²) in [7, 11) is 0. The summed E-state index contributed by atoms with van der Waals surface area (Å²) in [6.07, 6.45) is 1.59. The Bertz CT molecular complexity index is 1120. The van der Waals surface area contributed by atoms with Crippen molar-refractivity contribution in [2.45, 2.75) is 39.7 Å². The van der Waals surface area contributed by atoms with Crippen LogP contribution in [-0.4, -0.2) is 65.8 Å². The molecule has 5 nitrogen and oxygen atoms in total. The van der Waals surface area contributed by atoms with Gasteiger partial charge in [-0.1, -0.05) is 93.3 Å². The van der Waals surface area contributed by atoms with Crippen LogP contribution < -0.4 is 0 Å². The average molecular weight is 484 g/mol. The number of likely N-dealkylation sites (tertiary alicyclic amines) is 1. The Kier molecular flexibility index (Phi) is 6.76. The highest BCUT2D eigenvalue weighted by atomic mass is 16.2. The molecule has 188 valence electrons. The van der Waals surface area contributed by atoms with Crippen LogP contribution in [-0.2, 0) is 9.59 Å². The smallest absolute Gasteiger partial charge is 0.236 e. The zero-order valence-corrected chi connectivity index (χ0v) is 21.7. The molecule has 36 heavy (non-hydrogen) atoms. The number of nitrogens with zero attached hydrogens (tertiary/aromatic N) is 3. The molecule has 0 aromatic heterocycles. The predicted octanol–water partition coefficient (Wildman–Crippen LogP) is 4.21. The molecular weight excluding hydrogens is 446 g/mol. The monoisotopic (exact) mass is 483 g/mol. The molecule has 2 aromatic rings. The van der Waals surface area contributed by atoms with Gasteiger partial charge in [0.15, 0.2) is 0 Å². The first-order valence-corrected chi connectivity index (χ1v) is 13.2. The van der Waals surface area contributed by atoms with Crippen molar-refractivity contribution in [3.63, 3.8) is 0 Å². The van der Waals surface area contributed by atoms with E-state index < -0.39 is 5.41 Å². The quantitative estimate of drug-likeness (QED) is 0.472. The topological polar surface area (TPSA) is 43.9 Å². The number of piperidine rings is 1. The van der Waals surface area contributed by atoms with E-state index in [-0.39, 0.29) is 35.7 Å². The van der Waals surface area contributed by atoms with E-state index in [2.05, 4.69) is 96.2 Å². The van der Waals surface area contributed by atoms with Crippen LogP contribution in [0.5, 0.6) is 0 Å². The third-order valence-corrected chi connectivity index (χ3v) is 9.18. The molecule has 3 fully saturated rings. The van der Waals surface area contributed by atoms with Gasteiger partial charge in [0.05, 0.1) is 24.5 Å². The van der Waals surface area contributed by atoms with Gasteiger partial charge in [0, 0.05) is 32.1 Å². The molecule has 5 rings (SSSR count). The van der Waals surface area contributed by atoms with Crippen LogP contribution in [0, 0.1) is 28.6 Å². The Morgan fingerprint density at radius 3 is 1.97 bits per heavy atom. The zero-order chi connectivity index (χ0) is 25.3. The summed E-state index contributed by atoms with van der Waals surface area (Å²) in [5, 5.41) is 0. The molecule has 5 heteroatoms. The van der Waals surface area contributed by atoms with Crippen LogP contribution in [0.15, 0.2) is 60.7 Å². The van der Waals surface area contributed by atoms with Gasteiger partial charge in [-0.25, -0.2) is 0 Å². The molecule has 0 unspecified atom stereocenters. The van der Waals surface area contributed by atoms with E-state index in [4.69, 9.17) is 0 Å². The maximum Gasteiger partial charge on any atom is 0.236 e. The third kappa shape index (κ3) is 4.27. The molecule has 0 radical (unpaired) electrons. The lowest BCUT2D eigenvalue weighted by Crippen LogP contribution is -2.59. The maximum absolute atomic E-state index is 13.2. The van der Waals surface area contributed by atoms with E-state index >= 15 is 0 Å². The van der Waals surface area contributed by atoms with Gasteiger partial charge in [-0.2, -0.15) is 0 Å². The van der Waals surface area contributed by atoms with Crippen molar-refractivity contribution in [2.75, 3.05) is 39.3 Å². The van der Waals surface area contributed by atoms with Gasteiger partial charge in [0.1, 0.15) is 0 Å². The van der Waals surface area contributed by atoms with Crippen LogP contribution in [0.4, 0.5) is 0 Å². The molecule has 3 aliphatic rings. The number of carbonyl (C=O) groups is 2. The molecular formula is C31H37N3O2. The standard InChI is InChI=1S/C31H37N3O2/c1-30(2)26-16-17-31(30,3)29(36)34(28(26)35)19-11-10-18-32-20-22-33(23-21-32)27(24-12-6-4-7-13-24)25-14-8-5-9-15-25/h4-9,12-15,26-27H,16-23H2,1-3H3/t26-,31+/m0/s1. The summed E-state index contributed by atoms with van der Waals surface area (Å²) < 4.78 is 0. The molecule has 2 heterocycles. The van der Waals surface area contributed by atoms with E-state index in [0.717, 1.165) is 39.0 Å². The van der Waals surface area contributed by atoms with Crippen LogP contribution in [0.3, 0.4) is 0 Å². The number of hydrogen-bond donors (Lipinski definition) is 0. The summed E-state index contributed by atoms with van der Waals surface area (Å²) >= 11 is 0. The van der Waals surface area contributed by atoms with E-state index in [0.29, 0.717) is 6.54 Å². The Hall–Kier alpha value is -2.94. The number of piperazine rings is 1. The third-order valence-electron chi connectivity index (χ3n) is 9.18. The second-order valence-corrected chi connectivity index (χ2v) is 11.3. The minimum absolute atomic E-state index is 0.0317. The van der Waals surface area contributed by atoms with Crippen LogP contribution >= 0.6 is 0 Å². The number of carbonyl (C=O) groups excluding carboxylic acids is 2. The highest BCUT2D eigenvalue weighted by Gasteiger charge is 2.64. The van der Waals surface area contributed by atoms with Crippen LogP contribution in [0.2, 0.25) is 0 Å². The molecule has 2 saturated heterocycles. The average Bonchev–Trinajstić information content (AvgIpc) is 3.08. The summed E-state index contributed by atoms with van der Waals surface area (Å²) in [4.78, 5) is 32.5. The summed E-state index contributed by atoms with van der Waals surface area (Å²) in [6, 6.07) is 21.7.